The molecule has 1 aromatic rings. The van der Waals surface area contributed by atoms with Crippen molar-refractivity contribution in [1.82, 2.24) is 5.32 Å². The van der Waals surface area contributed by atoms with E-state index in [4.69, 9.17) is 21.4 Å². The SMILES string of the molecule is CC(NC(=O)COc1ccc(Br)cc1Cl)C(=O)O. The molecule has 1 aromatic carbocycles. The van der Waals surface area contributed by atoms with Crippen LogP contribution in [0.2, 0.25) is 5.02 Å². The molecular formula is C11H11BrClNO4. The van der Waals surface area contributed by atoms with Gasteiger partial charge in [-0.1, -0.05) is 27.5 Å². The van der Waals surface area contributed by atoms with Gasteiger partial charge in [-0.3, -0.25) is 9.59 Å². The van der Waals surface area contributed by atoms with E-state index in [1.165, 1.54) is 6.92 Å². The second kappa shape index (κ2) is 6.61. The number of carbonyl (C=O) groups excluding carboxylic acids is 1. The summed E-state index contributed by atoms with van der Waals surface area (Å²) in [6, 6.07) is 4.01. The Labute approximate surface area is 117 Å². The third kappa shape index (κ3) is 4.54. The third-order valence-corrected chi connectivity index (χ3v) is 2.79. The van der Waals surface area contributed by atoms with Crippen molar-refractivity contribution >= 4 is 39.4 Å². The van der Waals surface area contributed by atoms with Crippen LogP contribution in [0.25, 0.3) is 0 Å². The Kier molecular flexibility index (Phi) is 5.43. The fourth-order valence-electron chi connectivity index (χ4n) is 1.08. The summed E-state index contributed by atoms with van der Waals surface area (Å²) in [6.45, 7) is 1.08. The van der Waals surface area contributed by atoms with E-state index in [-0.39, 0.29) is 6.61 Å². The number of carboxylic acids is 1. The highest BCUT2D eigenvalue weighted by molar-refractivity contribution is 9.10. The molecule has 18 heavy (non-hydrogen) atoms. The average Bonchev–Trinajstić information content (AvgIpc) is 2.27. The summed E-state index contributed by atoms with van der Waals surface area (Å²) in [7, 11) is 0. The first-order valence-corrected chi connectivity index (χ1v) is 6.17. The fourth-order valence-corrected chi connectivity index (χ4v) is 1.81. The molecule has 2 N–H and O–H groups in total. The Hall–Kier alpha value is -1.27. The van der Waals surface area contributed by atoms with Gasteiger partial charge in [0.15, 0.2) is 6.61 Å². The quantitative estimate of drug-likeness (QED) is 0.863. The molecule has 0 heterocycles. The van der Waals surface area contributed by atoms with Gasteiger partial charge in [-0.15, -0.1) is 0 Å². The molecule has 1 atom stereocenters. The van der Waals surface area contributed by atoms with Gasteiger partial charge in [-0.2, -0.15) is 0 Å². The van der Waals surface area contributed by atoms with Gasteiger partial charge in [0.05, 0.1) is 5.02 Å². The Morgan fingerprint density at radius 1 is 1.56 bits per heavy atom. The van der Waals surface area contributed by atoms with Gasteiger partial charge in [0.2, 0.25) is 0 Å². The molecular weight excluding hydrogens is 325 g/mol. The standard InChI is InChI=1S/C11H11BrClNO4/c1-6(11(16)17)14-10(15)5-18-9-3-2-7(12)4-8(9)13/h2-4,6H,5H2,1H3,(H,14,15)(H,16,17). The highest BCUT2D eigenvalue weighted by atomic mass is 79.9. The van der Waals surface area contributed by atoms with E-state index in [1.54, 1.807) is 18.2 Å². The van der Waals surface area contributed by atoms with Crippen molar-refractivity contribution in [2.75, 3.05) is 6.61 Å². The zero-order valence-corrected chi connectivity index (χ0v) is 11.8. The number of halogens is 2. The lowest BCUT2D eigenvalue weighted by atomic mass is 10.3. The molecule has 0 fully saturated rings. The topological polar surface area (TPSA) is 75.6 Å². The number of hydrogen-bond donors (Lipinski definition) is 2. The van der Waals surface area contributed by atoms with E-state index >= 15 is 0 Å². The number of rotatable bonds is 5. The molecule has 0 radical (unpaired) electrons. The number of carboxylic acid groups (broad SMARTS) is 1. The van der Waals surface area contributed by atoms with Crippen LogP contribution in [0.4, 0.5) is 0 Å². The van der Waals surface area contributed by atoms with E-state index in [0.717, 1.165) is 4.47 Å². The van der Waals surface area contributed by atoms with Crippen LogP contribution in [0.15, 0.2) is 22.7 Å². The zero-order valence-electron chi connectivity index (χ0n) is 9.44. The fraction of sp³-hybridized carbons (Fsp3) is 0.273. The van der Waals surface area contributed by atoms with Gasteiger partial charge in [0, 0.05) is 4.47 Å². The minimum absolute atomic E-state index is 0.293. The molecule has 1 unspecified atom stereocenters. The van der Waals surface area contributed by atoms with Gasteiger partial charge in [-0.05, 0) is 25.1 Å². The maximum Gasteiger partial charge on any atom is 0.325 e. The Morgan fingerprint density at radius 2 is 2.22 bits per heavy atom. The maximum atomic E-state index is 11.4. The van der Waals surface area contributed by atoms with Crippen LogP contribution in [0.5, 0.6) is 5.75 Å². The van der Waals surface area contributed by atoms with Gasteiger partial charge in [0.1, 0.15) is 11.8 Å². The van der Waals surface area contributed by atoms with E-state index in [9.17, 15) is 9.59 Å². The molecule has 0 spiro atoms. The van der Waals surface area contributed by atoms with Gasteiger partial charge < -0.3 is 15.2 Å². The third-order valence-electron chi connectivity index (χ3n) is 2.00. The number of aliphatic carboxylic acids is 1. The van der Waals surface area contributed by atoms with Crippen LogP contribution >= 0.6 is 27.5 Å². The Morgan fingerprint density at radius 3 is 2.78 bits per heavy atom. The van der Waals surface area contributed by atoms with E-state index in [0.29, 0.717) is 10.8 Å². The van der Waals surface area contributed by atoms with Gasteiger partial charge in [-0.25, -0.2) is 0 Å². The van der Waals surface area contributed by atoms with Crippen molar-refractivity contribution in [3.05, 3.63) is 27.7 Å². The summed E-state index contributed by atoms with van der Waals surface area (Å²) in [5.74, 6) is -1.27. The molecule has 1 rings (SSSR count). The number of amides is 1. The van der Waals surface area contributed by atoms with Crippen molar-refractivity contribution < 1.29 is 19.4 Å². The highest BCUT2D eigenvalue weighted by Crippen LogP contribution is 2.27. The maximum absolute atomic E-state index is 11.4. The first kappa shape index (κ1) is 14.8. The number of carbonyl (C=O) groups is 2. The molecule has 0 aliphatic heterocycles. The summed E-state index contributed by atoms with van der Waals surface area (Å²) < 4.78 is 5.97. The predicted octanol–water partition coefficient (Wildman–Crippen LogP) is 2.07. The van der Waals surface area contributed by atoms with Crippen LogP contribution in [0.3, 0.4) is 0 Å². The van der Waals surface area contributed by atoms with Crippen LogP contribution in [-0.2, 0) is 9.59 Å². The average molecular weight is 337 g/mol. The normalized spacial score (nSPS) is 11.7. The molecule has 1 amide bonds. The van der Waals surface area contributed by atoms with Crippen LogP contribution in [-0.4, -0.2) is 29.6 Å². The van der Waals surface area contributed by atoms with E-state index in [1.807, 2.05) is 0 Å². The van der Waals surface area contributed by atoms with Crippen molar-refractivity contribution in [1.29, 1.82) is 0 Å². The lowest BCUT2D eigenvalue weighted by Crippen LogP contribution is -2.40. The van der Waals surface area contributed by atoms with Crippen LogP contribution < -0.4 is 10.1 Å². The molecule has 0 aliphatic carbocycles. The van der Waals surface area contributed by atoms with Crippen molar-refractivity contribution in [2.45, 2.75) is 13.0 Å². The van der Waals surface area contributed by atoms with Crippen molar-refractivity contribution in [2.24, 2.45) is 0 Å². The van der Waals surface area contributed by atoms with Gasteiger partial charge >= 0.3 is 5.97 Å². The smallest absolute Gasteiger partial charge is 0.325 e. The predicted molar refractivity (Wildman–Crippen MR) is 69.9 cm³/mol. The van der Waals surface area contributed by atoms with Crippen molar-refractivity contribution in [3.8, 4) is 5.75 Å². The van der Waals surface area contributed by atoms with Crippen LogP contribution in [0.1, 0.15) is 6.92 Å². The monoisotopic (exact) mass is 335 g/mol. The summed E-state index contributed by atoms with van der Waals surface area (Å²) in [6.07, 6.45) is 0. The molecule has 0 aromatic heterocycles. The van der Waals surface area contributed by atoms with Crippen LogP contribution in [0, 0.1) is 0 Å². The minimum Gasteiger partial charge on any atom is -0.482 e. The first-order valence-electron chi connectivity index (χ1n) is 5.00. The molecule has 5 nitrogen and oxygen atoms in total. The molecule has 0 saturated carbocycles. The van der Waals surface area contributed by atoms with E-state index < -0.39 is 17.9 Å². The summed E-state index contributed by atoms with van der Waals surface area (Å²) >= 11 is 9.13. The molecule has 0 bridgehead atoms. The summed E-state index contributed by atoms with van der Waals surface area (Å²) in [4.78, 5) is 21.9. The number of ether oxygens (including phenoxy) is 1. The second-order valence-corrected chi connectivity index (χ2v) is 4.81. The lowest BCUT2D eigenvalue weighted by Gasteiger charge is -2.11. The Bertz CT molecular complexity index is 466. The van der Waals surface area contributed by atoms with Crippen molar-refractivity contribution in [3.63, 3.8) is 0 Å². The number of benzene rings is 1. The summed E-state index contributed by atoms with van der Waals surface area (Å²) in [5.41, 5.74) is 0. The number of hydrogen-bond acceptors (Lipinski definition) is 3. The highest BCUT2D eigenvalue weighted by Gasteiger charge is 2.14. The summed E-state index contributed by atoms with van der Waals surface area (Å²) in [5, 5.41) is 11.2. The molecule has 0 aliphatic rings. The molecule has 7 heteroatoms. The number of nitrogens with one attached hydrogen (secondary N) is 1. The second-order valence-electron chi connectivity index (χ2n) is 3.49. The van der Waals surface area contributed by atoms with Gasteiger partial charge in [0.25, 0.3) is 5.91 Å². The zero-order chi connectivity index (χ0) is 13.7. The molecule has 0 saturated heterocycles. The first-order chi connectivity index (χ1) is 8.40. The minimum atomic E-state index is -1.11. The van der Waals surface area contributed by atoms with E-state index in [2.05, 4.69) is 21.2 Å². The molecule has 98 valence electrons. The Balaban J connectivity index is 2.50. The largest absolute Gasteiger partial charge is 0.482 e. The lowest BCUT2D eigenvalue weighted by molar-refractivity contribution is -0.141.